The maximum absolute atomic E-state index is 11.7. The molecular weight excluding hydrogens is 294 g/mol. The zero-order valence-electron chi connectivity index (χ0n) is 12.3. The molecule has 0 aromatic heterocycles. The number of rotatable bonds is 7. The molecule has 7 nitrogen and oxygen atoms in total. The van der Waals surface area contributed by atoms with Crippen molar-refractivity contribution in [3.63, 3.8) is 0 Å². The normalized spacial score (nSPS) is 12.0. The first-order valence-electron chi connectivity index (χ1n) is 6.31. The van der Waals surface area contributed by atoms with Crippen LogP contribution in [0.2, 0.25) is 0 Å². The van der Waals surface area contributed by atoms with Crippen LogP contribution in [-0.4, -0.2) is 39.3 Å². The number of nitrogens with one attached hydrogen (secondary N) is 2. The van der Waals surface area contributed by atoms with Gasteiger partial charge in [0.1, 0.15) is 5.75 Å². The number of sulfonamides is 1. The second-order valence-corrected chi connectivity index (χ2v) is 7.14. The molecule has 0 saturated carbocycles. The standard InChI is InChI=1S/C13H21N3O4S/c1-13(2,16-21(3,18)19)9-15-12(17)8-20-11-6-4-10(14)5-7-11/h4-7,16H,8-9,14H2,1-3H3,(H,15,17). The maximum Gasteiger partial charge on any atom is 0.258 e. The molecule has 0 saturated heterocycles. The Kier molecular flexibility index (Phi) is 5.56. The van der Waals surface area contributed by atoms with Crippen LogP contribution in [0, 0.1) is 0 Å². The molecule has 1 aromatic carbocycles. The van der Waals surface area contributed by atoms with Gasteiger partial charge >= 0.3 is 0 Å². The molecule has 4 N–H and O–H groups in total. The Morgan fingerprint density at radius 2 is 1.86 bits per heavy atom. The molecule has 118 valence electrons. The number of carbonyl (C=O) groups excluding carboxylic acids is 1. The van der Waals surface area contributed by atoms with E-state index in [0.717, 1.165) is 6.26 Å². The molecule has 0 atom stereocenters. The topological polar surface area (TPSA) is 111 Å². The van der Waals surface area contributed by atoms with E-state index in [2.05, 4.69) is 10.0 Å². The van der Waals surface area contributed by atoms with Gasteiger partial charge in [0, 0.05) is 17.8 Å². The lowest BCUT2D eigenvalue weighted by molar-refractivity contribution is -0.123. The highest BCUT2D eigenvalue weighted by molar-refractivity contribution is 7.88. The summed E-state index contributed by atoms with van der Waals surface area (Å²) in [6.07, 6.45) is 1.07. The Morgan fingerprint density at radius 3 is 2.38 bits per heavy atom. The predicted octanol–water partition coefficient (Wildman–Crippen LogP) is 0.0916. The van der Waals surface area contributed by atoms with Crippen molar-refractivity contribution in [1.82, 2.24) is 10.0 Å². The molecule has 0 bridgehead atoms. The second kappa shape index (κ2) is 6.77. The zero-order chi connectivity index (χ0) is 16.1. The second-order valence-electron chi connectivity index (χ2n) is 5.39. The Bertz CT molecular complexity index is 582. The van der Waals surface area contributed by atoms with Crippen LogP contribution < -0.4 is 20.5 Å². The largest absolute Gasteiger partial charge is 0.484 e. The molecule has 1 aromatic rings. The van der Waals surface area contributed by atoms with Crippen molar-refractivity contribution >= 4 is 21.6 Å². The number of carbonyl (C=O) groups is 1. The summed E-state index contributed by atoms with van der Waals surface area (Å²) in [4.78, 5) is 11.7. The molecule has 21 heavy (non-hydrogen) atoms. The highest BCUT2D eigenvalue weighted by Gasteiger charge is 2.22. The van der Waals surface area contributed by atoms with Crippen molar-refractivity contribution in [3.05, 3.63) is 24.3 Å². The van der Waals surface area contributed by atoms with Crippen LogP contribution in [-0.2, 0) is 14.8 Å². The molecule has 0 fully saturated rings. The fourth-order valence-electron chi connectivity index (χ4n) is 1.62. The first-order valence-corrected chi connectivity index (χ1v) is 8.20. The molecule has 0 aliphatic carbocycles. The molecular formula is C13H21N3O4S. The average Bonchev–Trinajstić information content (AvgIpc) is 2.33. The van der Waals surface area contributed by atoms with E-state index >= 15 is 0 Å². The first kappa shape index (κ1) is 17.3. The van der Waals surface area contributed by atoms with Crippen LogP contribution in [0.15, 0.2) is 24.3 Å². The molecule has 0 unspecified atom stereocenters. The summed E-state index contributed by atoms with van der Waals surface area (Å²) < 4.78 is 30.1. The van der Waals surface area contributed by atoms with E-state index in [4.69, 9.17) is 10.5 Å². The van der Waals surface area contributed by atoms with Crippen LogP contribution in [0.1, 0.15) is 13.8 Å². The molecule has 0 heterocycles. The van der Waals surface area contributed by atoms with E-state index in [9.17, 15) is 13.2 Å². The van der Waals surface area contributed by atoms with Crippen LogP contribution >= 0.6 is 0 Å². The SMILES string of the molecule is CC(C)(CNC(=O)COc1ccc(N)cc1)NS(C)(=O)=O. The summed E-state index contributed by atoms with van der Waals surface area (Å²) in [7, 11) is -3.33. The minimum atomic E-state index is -3.33. The molecule has 8 heteroatoms. The predicted molar refractivity (Wildman–Crippen MR) is 81.4 cm³/mol. The van der Waals surface area contributed by atoms with Crippen molar-refractivity contribution < 1.29 is 17.9 Å². The molecule has 0 spiro atoms. The van der Waals surface area contributed by atoms with Crippen molar-refractivity contribution in [2.24, 2.45) is 0 Å². The number of nitrogens with two attached hydrogens (primary N) is 1. The summed E-state index contributed by atoms with van der Waals surface area (Å²) in [5, 5.41) is 2.61. The summed E-state index contributed by atoms with van der Waals surface area (Å²) in [6.45, 7) is 3.35. The number of hydrogen-bond acceptors (Lipinski definition) is 5. The van der Waals surface area contributed by atoms with Gasteiger partial charge in [-0.05, 0) is 38.1 Å². The quantitative estimate of drug-likeness (QED) is 0.618. The van der Waals surface area contributed by atoms with Gasteiger partial charge in [-0.1, -0.05) is 0 Å². The number of amides is 1. The van der Waals surface area contributed by atoms with E-state index < -0.39 is 15.6 Å². The van der Waals surface area contributed by atoms with Crippen molar-refractivity contribution in [2.45, 2.75) is 19.4 Å². The lowest BCUT2D eigenvalue weighted by Crippen LogP contribution is -2.51. The van der Waals surface area contributed by atoms with E-state index in [0.29, 0.717) is 11.4 Å². The Morgan fingerprint density at radius 1 is 1.29 bits per heavy atom. The number of anilines is 1. The fourth-order valence-corrected chi connectivity index (χ4v) is 2.70. The monoisotopic (exact) mass is 315 g/mol. The molecule has 0 aliphatic rings. The summed E-state index contributed by atoms with van der Waals surface area (Å²) >= 11 is 0. The summed E-state index contributed by atoms with van der Waals surface area (Å²) in [5.41, 5.74) is 5.38. The third kappa shape index (κ3) is 7.52. The molecule has 1 amide bonds. The maximum atomic E-state index is 11.7. The minimum Gasteiger partial charge on any atom is -0.484 e. The van der Waals surface area contributed by atoms with E-state index in [1.807, 2.05) is 0 Å². The Balaban J connectivity index is 2.39. The van der Waals surface area contributed by atoms with Gasteiger partial charge in [-0.15, -0.1) is 0 Å². The van der Waals surface area contributed by atoms with Crippen LogP contribution in [0.4, 0.5) is 5.69 Å². The molecule has 0 radical (unpaired) electrons. The van der Waals surface area contributed by atoms with Gasteiger partial charge in [0.15, 0.2) is 6.61 Å². The first-order chi connectivity index (χ1) is 9.57. The van der Waals surface area contributed by atoms with Crippen molar-refractivity contribution in [3.8, 4) is 5.75 Å². The Labute approximate surface area is 124 Å². The van der Waals surface area contributed by atoms with Gasteiger partial charge in [0.25, 0.3) is 5.91 Å². The molecule has 1 rings (SSSR count). The number of ether oxygens (including phenoxy) is 1. The van der Waals surface area contributed by atoms with Crippen LogP contribution in [0.25, 0.3) is 0 Å². The van der Waals surface area contributed by atoms with E-state index in [1.165, 1.54) is 0 Å². The Hall–Kier alpha value is -1.80. The van der Waals surface area contributed by atoms with Crippen molar-refractivity contribution in [2.75, 3.05) is 25.1 Å². The highest BCUT2D eigenvalue weighted by Crippen LogP contribution is 2.12. The minimum absolute atomic E-state index is 0.154. The smallest absolute Gasteiger partial charge is 0.258 e. The van der Waals surface area contributed by atoms with Crippen LogP contribution in [0.3, 0.4) is 0 Å². The number of hydrogen-bond donors (Lipinski definition) is 3. The third-order valence-electron chi connectivity index (χ3n) is 2.44. The lowest BCUT2D eigenvalue weighted by atomic mass is 10.1. The van der Waals surface area contributed by atoms with Crippen LogP contribution in [0.5, 0.6) is 5.75 Å². The average molecular weight is 315 g/mol. The van der Waals surface area contributed by atoms with Gasteiger partial charge in [0.05, 0.1) is 6.26 Å². The third-order valence-corrected chi connectivity index (χ3v) is 3.36. The van der Waals surface area contributed by atoms with E-state index in [-0.39, 0.29) is 19.1 Å². The van der Waals surface area contributed by atoms with Gasteiger partial charge < -0.3 is 15.8 Å². The van der Waals surface area contributed by atoms with Gasteiger partial charge in [-0.3, -0.25) is 4.79 Å². The number of benzene rings is 1. The molecule has 0 aliphatic heterocycles. The van der Waals surface area contributed by atoms with E-state index in [1.54, 1.807) is 38.1 Å². The van der Waals surface area contributed by atoms with Crippen molar-refractivity contribution in [1.29, 1.82) is 0 Å². The lowest BCUT2D eigenvalue weighted by Gasteiger charge is -2.25. The van der Waals surface area contributed by atoms with Gasteiger partial charge in [-0.2, -0.15) is 0 Å². The summed E-state index contributed by atoms with van der Waals surface area (Å²) in [6, 6.07) is 6.67. The fraction of sp³-hybridized carbons (Fsp3) is 0.462. The zero-order valence-corrected chi connectivity index (χ0v) is 13.2. The number of nitrogen functional groups attached to an aromatic ring is 1. The highest BCUT2D eigenvalue weighted by atomic mass is 32.2. The van der Waals surface area contributed by atoms with Gasteiger partial charge in [-0.25, -0.2) is 13.1 Å². The summed E-state index contributed by atoms with van der Waals surface area (Å²) in [5.74, 6) is 0.197. The van der Waals surface area contributed by atoms with Gasteiger partial charge in [0.2, 0.25) is 10.0 Å².